The molecule has 2 aliphatic heterocycles. The van der Waals surface area contributed by atoms with Gasteiger partial charge in [0.2, 0.25) is 23.6 Å². The van der Waals surface area contributed by atoms with E-state index in [1.807, 2.05) is 60.7 Å². The zero-order valence-electron chi connectivity index (χ0n) is 22.4. The summed E-state index contributed by atoms with van der Waals surface area (Å²) in [5.41, 5.74) is 0.819. The highest BCUT2D eigenvalue weighted by Gasteiger charge is 2.81. The van der Waals surface area contributed by atoms with Crippen LogP contribution in [0.25, 0.3) is 0 Å². The molecule has 2 saturated heterocycles. The van der Waals surface area contributed by atoms with E-state index >= 15 is 0 Å². The lowest BCUT2D eigenvalue weighted by atomic mass is 9.43. The molecule has 0 aromatic heterocycles. The van der Waals surface area contributed by atoms with Gasteiger partial charge in [-0.1, -0.05) is 83.5 Å². The number of likely N-dealkylation sites (tertiary alicyclic amines) is 2. The number of carbonyl (C=O) groups is 5. The first-order chi connectivity index (χ1) is 19.1. The van der Waals surface area contributed by atoms with Crippen LogP contribution in [0.3, 0.4) is 0 Å². The van der Waals surface area contributed by atoms with Crippen LogP contribution in [0.2, 0.25) is 0 Å². The van der Waals surface area contributed by atoms with Crippen molar-refractivity contribution in [1.82, 2.24) is 9.80 Å². The minimum Gasteiger partial charge on any atom is -0.463 e. The van der Waals surface area contributed by atoms with Gasteiger partial charge in [-0.25, -0.2) is 4.79 Å². The second-order valence-corrected chi connectivity index (χ2v) is 12.5. The molecule has 7 rings (SSSR count). The number of hydrogen-bond donors (Lipinski definition) is 0. The van der Waals surface area contributed by atoms with Crippen LogP contribution in [0.5, 0.6) is 0 Å². The predicted molar refractivity (Wildman–Crippen MR) is 147 cm³/mol. The standard InChI is InChI=1S/C31H29BrN2O6/c1-4-40-29(39)20-17(2)31(32)23-21(25(35)33(27(23)37)15-18-11-7-5-8-12-18)30(20,3)22-24(31)28(38)34(26(22)36)16-19-13-9-6-10-14-19/h5-14,21-24H,4,15-16H2,1-3H3/t21-,22?,23-,24-,30?,31?/m0/s1. The first-order valence-corrected chi connectivity index (χ1v) is 14.2. The fraction of sp³-hybridized carbons (Fsp3) is 0.387. The molecule has 0 radical (unpaired) electrons. The molecule has 40 heavy (non-hydrogen) atoms. The average Bonchev–Trinajstić information content (AvgIpc) is 3.35. The number of esters is 1. The maximum atomic E-state index is 14.2. The fourth-order valence-corrected chi connectivity index (χ4v) is 8.81. The molecule has 5 aliphatic rings. The Morgan fingerprint density at radius 3 is 1.57 bits per heavy atom. The van der Waals surface area contributed by atoms with Gasteiger partial charge in [-0.2, -0.15) is 0 Å². The molecular formula is C31H29BrN2O6. The number of alkyl halides is 1. The highest BCUT2D eigenvalue weighted by molar-refractivity contribution is 9.10. The van der Waals surface area contributed by atoms with Crippen molar-refractivity contribution in [2.45, 2.75) is 38.2 Å². The predicted octanol–water partition coefficient (Wildman–Crippen LogP) is 3.64. The average molecular weight is 605 g/mol. The number of nitrogens with zero attached hydrogens (tertiary/aromatic N) is 2. The summed E-state index contributed by atoms with van der Waals surface area (Å²) in [6.45, 7) is 5.32. The molecule has 2 aromatic rings. The van der Waals surface area contributed by atoms with Gasteiger partial charge >= 0.3 is 5.97 Å². The van der Waals surface area contributed by atoms with Gasteiger partial charge in [-0.3, -0.25) is 29.0 Å². The van der Waals surface area contributed by atoms with Crippen LogP contribution in [0.1, 0.15) is 31.9 Å². The number of carbonyl (C=O) groups excluding carboxylic acids is 5. The van der Waals surface area contributed by atoms with Crippen LogP contribution < -0.4 is 0 Å². The molecular weight excluding hydrogens is 576 g/mol. The van der Waals surface area contributed by atoms with Crippen LogP contribution in [0, 0.1) is 29.1 Å². The Morgan fingerprint density at radius 2 is 1.18 bits per heavy atom. The van der Waals surface area contributed by atoms with Crippen LogP contribution >= 0.6 is 15.9 Å². The molecule has 4 amide bonds. The highest BCUT2D eigenvalue weighted by atomic mass is 79.9. The normalized spacial score (nSPS) is 32.6. The summed E-state index contributed by atoms with van der Waals surface area (Å²) in [7, 11) is 0. The first kappa shape index (κ1) is 26.6. The zero-order chi connectivity index (χ0) is 28.6. The van der Waals surface area contributed by atoms with Crippen molar-refractivity contribution in [3.8, 4) is 0 Å². The molecule has 8 nitrogen and oxygen atoms in total. The summed E-state index contributed by atoms with van der Waals surface area (Å²) in [6, 6.07) is 18.4. The lowest BCUT2D eigenvalue weighted by molar-refractivity contribution is -0.152. The van der Waals surface area contributed by atoms with Crippen LogP contribution in [-0.4, -0.2) is 50.3 Å². The van der Waals surface area contributed by atoms with Crippen molar-refractivity contribution in [1.29, 1.82) is 0 Å². The largest absolute Gasteiger partial charge is 0.463 e. The van der Waals surface area contributed by atoms with Crippen molar-refractivity contribution in [2.75, 3.05) is 6.61 Å². The Balaban J connectivity index is 1.51. The monoisotopic (exact) mass is 604 g/mol. The van der Waals surface area contributed by atoms with Crippen molar-refractivity contribution in [3.63, 3.8) is 0 Å². The van der Waals surface area contributed by atoms with E-state index in [0.29, 0.717) is 5.57 Å². The summed E-state index contributed by atoms with van der Waals surface area (Å²) in [5, 5.41) is 0. The second kappa shape index (κ2) is 9.23. The lowest BCUT2D eigenvalue weighted by Crippen LogP contribution is -2.67. The lowest BCUT2D eigenvalue weighted by Gasteiger charge is -2.59. The molecule has 3 aliphatic carbocycles. The molecule has 3 fully saturated rings. The SMILES string of the molecule is CCOC(=O)C1=C(C)C2(Br)[C@@H]3C(=O)N(Cc4ccccc4)C(=O)C3C1(C)[C@@H]1C(=O)N(Cc3ccccc3)C(=O)[C@H]12. The molecule has 2 aromatic carbocycles. The van der Waals surface area contributed by atoms with Gasteiger partial charge < -0.3 is 4.74 Å². The maximum absolute atomic E-state index is 14.2. The second-order valence-electron chi connectivity index (χ2n) is 11.2. The Bertz CT molecular complexity index is 1400. The topological polar surface area (TPSA) is 101 Å². The Kier molecular flexibility index (Phi) is 6.14. The van der Waals surface area contributed by atoms with E-state index in [-0.39, 0.29) is 25.3 Å². The number of hydrogen-bond acceptors (Lipinski definition) is 6. The van der Waals surface area contributed by atoms with Gasteiger partial charge in [-0.15, -0.1) is 0 Å². The smallest absolute Gasteiger partial charge is 0.334 e. The third-order valence-corrected chi connectivity index (χ3v) is 10.9. The maximum Gasteiger partial charge on any atom is 0.334 e. The van der Waals surface area contributed by atoms with Gasteiger partial charge in [-0.05, 0) is 30.5 Å². The van der Waals surface area contributed by atoms with Gasteiger partial charge in [0, 0.05) is 11.0 Å². The Labute approximate surface area is 240 Å². The molecule has 2 bridgehead atoms. The number of amides is 4. The zero-order valence-corrected chi connectivity index (χ0v) is 24.0. The van der Waals surface area contributed by atoms with Crippen molar-refractivity contribution >= 4 is 45.5 Å². The fourth-order valence-electron chi connectivity index (χ4n) is 7.69. The van der Waals surface area contributed by atoms with Crippen molar-refractivity contribution in [2.24, 2.45) is 29.1 Å². The van der Waals surface area contributed by atoms with E-state index in [0.717, 1.165) is 11.1 Å². The number of halogens is 1. The summed E-state index contributed by atoms with van der Waals surface area (Å²) in [5.74, 6) is -6.29. The van der Waals surface area contributed by atoms with Crippen LogP contribution in [-0.2, 0) is 41.8 Å². The Hall–Kier alpha value is -3.59. The van der Waals surface area contributed by atoms with E-state index in [4.69, 9.17) is 4.74 Å². The highest BCUT2D eigenvalue weighted by Crippen LogP contribution is 2.72. The molecule has 6 atom stereocenters. The van der Waals surface area contributed by atoms with Crippen LogP contribution in [0.15, 0.2) is 71.8 Å². The van der Waals surface area contributed by atoms with E-state index in [1.165, 1.54) is 9.80 Å². The molecule has 9 heteroatoms. The van der Waals surface area contributed by atoms with Gasteiger partial charge in [0.05, 0.1) is 47.7 Å². The number of allylic oxidation sites excluding steroid dienone is 1. The van der Waals surface area contributed by atoms with Gasteiger partial charge in [0.25, 0.3) is 0 Å². The quantitative estimate of drug-likeness (QED) is 0.283. The van der Waals surface area contributed by atoms with Crippen molar-refractivity contribution < 1.29 is 28.7 Å². The van der Waals surface area contributed by atoms with E-state index in [1.54, 1.807) is 20.8 Å². The molecule has 0 N–H and O–H groups in total. The summed E-state index contributed by atoms with van der Waals surface area (Å²) < 4.78 is 4.04. The van der Waals surface area contributed by atoms with Crippen molar-refractivity contribution in [3.05, 3.63) is 82.9 Å². The minimum absolute atomic E-state index is 0.0653. The number of rotatable bonds is 6. The third kappa shape index (κ3) is 3.33. The molecule has 2 heterocycles. The third-order valence-electron chi connectivity index (χ3n) is 9.33. The van der Waals surface area contributed by atoms with E-state index in [2.05, 4.69) is 15.9 Å². The summed E-state index contributed by atoms with van der Waals surface area (Å²) in [6.07, 6.45) is 0. The van der Waals surface area contributed by atoms with Gasteiger partial charge in [0.1, 0.15) is 0 Å². The van der Waals surface area contributed by atoms with E-state index in [9.17, 15) is 24.0 Å². The molecule has 206 valence electrons. The molecule has 3 unspecified atom stereocenters. The number of imide groups is 2. The Morgan fingerprint density at radius 1 is 0.775 bits per heavy atom. The van der Waals surface area contributed by atoms with Gasteiger partial charge in [0.15, 0.2) is 0 Å². The first-order valence-electron chi connectivity index (χ1n) is 13.4. The van der Waals surface area contributed by atoms with E-state index < -0.39 is 63.0 Å². The molecule has 1 saturated carbocycles. The molecule has 0 spiro atoms. The van der Waals surface area contributed by atoms with Crippen LogP contribution in [0.4, 0.5) is 0 Å². The minimum atomic E-state index is -1.42. The summed E-state index contributed by atoms with van der Waals surface area (Å²) >= 11 is 3.79. The number of benzene rings is 2. The number of ether oxygens (including phenoxy) is 1. The summed E-state index contributed by atoms with van der Waals surface area (Å²) in [4.78, 5) is 72.5.